The molecule has 18 heavy (non-hydrogen) atoms. The lowest BCUT2D eigenvalue weighted by Gasteiger charge is -2.22. The van der Waals surface area contributed by atoms with Gasteiger partial charge in [-0.3, -0.25) is 4.90 Å². The largest absolute Gasteiger partial charge is 0.490 e. The average Bonchev–Trinajstić information content (AvgIpc) is 2.94. The number of halogens is 1. The molecule has 2 fully saturated rings. The molecule has 3 heterocycles. The van der Waals surface area contributed by atoms with E-state index in [0.717, 1.165) is 6.42 Å². The highest BCUT2D eigenvalue weighted by molar-refractivity contribution is 6.31. The number of rotatable bonds is 3. The van der Waals surface area contributed by atoms with Crippen molar-refractivity contribution in [2.75, 3.05) is 25.5 Å². The SMILES string of the molecule is COc1c(Cl)ncnc1NC1CCN2CCCC12. The smallest absolute Gasteiger partial charge is 0.198 e. The van der Waals surface area contributed by atoms with E-state index in [4.69, 9.17) is 16.3 Å². The fourth-order valence-electron chi connectivity index (χ4n) is 3.06. The standard InChI is InChI=1S/C12H17ClN4O/c1-18-10-11(13)14-7-15-12(10)16-8-4-6-17-5-2-3-9(8)17/h7-9H,2-6H2,1H3,(H,14,15,16). The Kier molecular flexibility index (Phi) is 3.26. The Hall–Kier alpha value is -1.07. The van der Waals surface area contributed by atoms with Crippen molar-refractivity contribution in [3.05, 3.63) is 11.5 Å². The molecule has 5 nitrogen and oxygen atoms in total. The summed E-state index contributed by atoms with van der Waals surface area (Å²) in [6.45, 7) is 2.40. The van der Waals surface area contributed by atoms with Gasteiger partial charge in [0, 0.05) is 18.6 Å². The Morgan fingerprint density at radius 1 is 1.39 bits per heavy atom. The molecule has 0 saturated carbocycles. The molecule has 3 rings (SSSR count). The quantitative estimate of drug-likeness (QED) is 0.847. The zero-order valence-corrected chi connectivity index (χ0v) is 11.2. The molecule has 2 saturated heterocycles. The summed E-state index contributed by atoms with van der Waals surface area (Å²) in [7, 11) is 1.59. The number of fused-ring (bicyclic) bond motifs is 1. The summed E-state index contributed by atoms with van der Waals surface area (Å²) in [5, 5.41) is 3.83. The summed E-state index contributed by atoms with van der Waals surface area (Å²) in [6, 6.07) is 1.07. The molecule has 2 atom stereocenters. The Balaban J connectivity index is 1.78. The van der Waals surface area contributed by atoms with Gasteiger partial charge in [-0.25, -0.2) is 9.97 Å². The number of aromatic nitrogens is 2. The Morgan fingerprint density at radius 2 is 2.28 bits per heavy atom. The van der Waals surface area contributed by atoms with Crippen LogP contribution in [-0.4, -0.2) is 47.2 Å². The van der Waals surface area contributed by atoms with E-state index >= 15 is 0 Å². The summed E-state index contributed by atoms with van der Waals surface area (Å²) in [5.41, 5.74) is 0. The van der Waals surface area contributed by atoms with Crippen LogP contribution < -0.4 is 10.1 Å². The molecule has 0 amide bonds. The maximum atomic E-state index is 6.00. The van der Waals surface area contributed by atoms with Crippen molar-refractivity contribution in [1.29, 1.82) is 0 Å². The van der Waals surface area contributed by atoms with Gasteiger partial charge in [0.25, 0.3) is 0 Å². The molecule has 6 heteroatoms. The molecule has 0 spiro atoms. The average molecular weight is 269 g/mol. The van der Waals surface area contributed by atoms with Crippen LogP contribution in [0.1, 0.15) is 19.3 Å². The van der Waals surface area contributed by atoms with Crippen LogP contribution in [0.3, 0.4) is 0 Å². The van der Waals surface area contributed by atoms with Crippen LogP contribution in [0.25, 0.3) is 0 Å². The molecule has 2 unspecified atom stereocenters. The first kappa shape index (κ1) is 12.0. The van der Waals surface area contributed by atoms with E-state index in [-0.39, 0.29) is 0 Å². The Labute approximate surface area is 112 Å². The van der Waals surface area contributed by atoms with Crippen molar-refractivity contribution in [1.82, 2.24) is 14.9 Å². The Bertz CT molecular complexity index is 442. The molecule has 0 radical (unpaired) electrons. The van der Waals surface area contributed by atoms with Crippen molar-refractivity contribution in [2.45, 2.75) is 31.3 Å². The minimum absolute atomic E-state index is 0.358. The number of hydrogen-bond acceptors (Lipinski definition) is 5. The van der Waals surface area contributed by atoms with Gasteiger partial charge in [-0.2, -0.15) is 0 Å². The van der Waals surface area contributed by atoms with Crippen molar-refractivity contribution >= 4 is 17.4 Å². The number of hydrogen-bond donors (Lipinski definition) is 1. The van der Waals surface area contributed by atoms with E-state index in [1.165, 1.54) is 32.3 Å². The normalized spacial score (nSPS) is 27.2. The van der Waals surface area contributed by atoms with Crippen LogP contribution in [0.15, 0.2) is 6.33 Å². The van der Waals surface area contributed by atoms with E-state index in [1.807, 2.05) is 0 Å². The van der Waals surface area contributed by atoms with Crippen LogP contribution in [0, 0.1) is 0 Å². The first-order valence-electron chi connectivity index (χ1n) is 6.34. The van der Waals surface area contributed by atoms with Crippen molar-refractivity contribution in [3.63, 3.8) is 0 Å². The molecule has 1 aromatic rings. The number of nitrogens with one attached hydrogen (secondary N) is 1. The molecule has 98 valence electrons. The second-order valence-corrected chi connectivity index (χ2v) is 5.19. The minimum atomic E-state index is 0.358. The highest BCUT2D eigenvalue weighted by atomic mass is 35.5. The summed E-state index contributed by atoms with van der Waals surface area (Å²) in [4.78, 5) is 10.7. The number of nitrogens with zero attached hydrogens (tertiary/aromatic N) is 3. The van der Waals surface area contributed by atoms with Crippen LogP contribution in [0.5, 0.6) is 5.75 Å². The Morgan fingerprint density at radius 3 is 3.11 bits per heavy atom. The van der Waals surface area contributed by atoms with E-state index in [2.05, 4.69) is 20.2 Å². The monoisotopic (exact) mass is 268 g/mol. The molecule has 2 aliphatic heterocycles. The summed E-state index contributed by atoms with van der Waals surface area (Å²) in [5.74, 6) is 1.24. The molecule has 1 aromatic heterocycles. The lowest BCUT2D eigenvalue weighted by atomic mass is 10.1. The third-order valence-electron chi connectivity index (χ3n) is 3.89. The van der Waals surface area contributed by atoms with Crippen LogP contribution >= 0.6 is 11.6 Å². The van der Waals surface area contributed by atoms with Gasteiger partial charge in [0.1, 0.15) is 6.33 Å². The van der Waals surface area contributed by atoms with Gasteiger partial charge in [0.05, 0.1) is 7.11 Å². The van der Waals surface area contributed by atoms with Crippen LogP contribution in [-0.2, 0) is 0 Å². The fraction of sp³-hybridized carbons (Fsp3) is 0.667. The van der Waals surface area contributed by atoms with E-state index < -0.39 is 0 Å². The number of anilines is 1. The van der Waals surface area contributed by atoms with E-state index in [1.54, 1.807) is 7.11 Å². The zero-order valence-electron chi connectivity index (χ0n) is 10.4. The summed E-state index contributed by atoms with van der Waals surface area (Å²) < 4.78 is 5.26. The minimum Gasteiger partial charge on any atom is -0.490 e. The first-order chi connectivity index (χ1) is 8.79. The molecule has 0 aliphatic carbocycles. The van der Waals surface area contributed by atoms with Crippen molar-refractivity contribution in [2.24, 2.45) is 0 Å². The third-order valence-corrected chi connectivity index (χ3v) is 4.16. The predicted molar refractivity (Wildman–Crippen MR) is 70.2 cm³/mol. The topological polar surface area (TPSA) is 50.3 Å². The second kappa shape index (κ2) is 4.90. The molecule has 0 aromatic carbocycles. The van der Waals surface area contributed by atoms with Crippen LogP contribution in [0.2, 0.25) is 5.15 Å². The van der Waals surface area contributed by atoms with Gasteiger partial charge in [-0.15, -0.1) is 0 Å². The lowest BCUT2D eigenvalue weighted by Crippen LogP contribution is -2.34. The molecule has 2 aliphatic rings. The van der Waals surface area contributed by atoms with Gasteiger partial charge in [-0.1, -0.05) is 11.6 Å². The van der Waals surface area contributed by atoms with E-state index in [9.17, 15) is 0 Å². The van der Waals surface area contributed by atoms with Crippen molar-refractivity contribution < 1.29 is 4.74 Å². The molecular weight excluding hydrogens is 252 g/mol. The molecule has 0 bridgehead atoms. The summed E-state index contributed by atoms with van der Waals surface area (Å²) in [6.07, 6.45) is 5.17. The fourth-order valence-corrected chi connectivity index (χ4v) is 3.27. The van der Waals surface area contributed by atoms with Crippen molar-refractivity contribution in [3.8, 4) is 5.75 Å². The number of ether oxygens (including phenoxy) is 1. The van der Waals surface area contributed by atoms with Gasteiger partial charge in [0.15, 0.2) is 16.7 Å². The summed E-state index contributed by atoms with van der Waals surface area (Å²) >= 11 is 6.00. The maximum absolute atomic E-state index is 6.00. The molecular formula is C12H17ClN4O. The van der Waals surface area contributed by atoms with Crippen LogP contribution in [0.4, 0.5) is 5.82 Å². The van der Waals surface area contributed by atoms with Gasteiger partial charge in [-0.05, 0) is 25.8 Å². The highest BCUT2D eigenvalue weighted by Crippen LogP contribution is 2.33. The first-order valence-corrected chi connectivity index (χ1v) is 6.72. The van der Waals surface area contributed by atoms with E-state index in [0.29, 0.717) is 28.8 Å². The van der Waals surface area contributed by atoms with Gasteiger partial charge < -0.3 is 10.1 Å². The number of methoxy groups -OCH3 is 1. The molecule has 1 N–H and O–H groups in total. The second-order valence-electron chi connectivity index (χ2n) is 4.83. The maximum Gasteiger partial charge on any atom is 0.198 e. The third kappa shape index (κ3) is 2.01. The lowest BCUT2D eigenvalue weighted by molar-refractivity contribution is 0.318. The zero-order chi connectivity index (χ0) is 12.5. The predicted octanol–water partition coefficient (Wildman–Crippen LogP) is 1.79. The highest BCUT2D eigenvalue weighted by Gasteiger charge is 2.37. The van der Waals surface area contributed by atoms with Gasteiger partial charge in [0.2, 0.25) is 0 Å². The van der Waals surface area contributed by atoms with Gasteiger partial charge >= 0.3 is 0 Å².